The third kappa shape index (κ3) is 10.2. The van der Waals surface area contributed by atoms with Gasteiger partial charge in [0.25, 0.3) is 5.91 Å². The van der Waals surface area contributed by atoms with E-state index in [0.29, 0.717) is 64.0 Å². The molecule has 45 heavy (non-hydrogen) atoms. The molecule has 5 nitrogen and oxygen atoms in total. The lowest BCUT2D eigenvalue weighted by molar-refractivity contribution is -0.143. The highest BCUT2D eigenvalue weighted by molar-refractivity contribution is 5.95. The van der Waals surface area contributed by atoms with Crippen LogP contribution in [0.15, 0.2) is 36.4 Å². The fraction of sp³-hybridized carbons (Fsp3) is 0.531. The molecule has 0 unspecified atom stereocenters. The molecule has 2 aliphatic rings. The van der Waals surface area contributed by atoms with Crippen LogP contribution in [0.1, 0.15) is 51.5 Å². The Bertz CT molecular complexity index is 1330. The summed E-state index contributed by atoms with van der Waals surface area (Å²) in [5.74, 6) is 5.59. The molecule has 2 aromatic rings. The minimum absolute atomic E-state index is 0. The van der Waals surface area contributed by atoms with Gasteiger partial charge in [-0.05, 0) is 61.6 Å². The van der Waals surface area contributed by atoms with Crippen LogP contribution in [0.5, 0.6) is 0 Å². The predicted molar refractivity (Wildman–Crippen MR) is 166 cm³/mol. The van der Waals surface area contributed by atoms with Crippen molar-refractivity contribution in [2.24, 2.45) is 0 Å². The van der Waals surface area contributed by atoms with Gasteiger partial charge in [-0.25, -0.2) is 0 Å². The molecule has 0 aromatic heterocycles. The molecule has 2 aromatic carbocycles. The average molecular weight is 683 g/mol. The van der Waals surface area contributed by atoms with Crippen LogP contribution >= 0.6 is 24.8 Å². The van der Waals surface area contributed by atoms with Gasteiger partial charge in [0.2, 0.25) is 0 Å². The number of aryl methyl sites for hydroxylation is 2. The molecule has 0 spiro atoms. The molecule has 2 fully saturated rings. The van der Waals surface area contributed by atoms with Gasteiger partial charge in [-0.15, -0.1) is 24.8 Å². The molecule has 4 rings (SSSR count). The molecule has 2 heterocycles. The number of halogens is 8. The van der Waals surface area contributed by atoms with Crippen molar-refractivity contribution in [2.75, 3.05) is 52.5 Å². The predicted octanol–water partition coefficient (Wildman–Crippen LogP) is 6.67. The Morgan fingerprint density at radius 1 is 0.867 bits per heavy atom. The maximum Gasteiger partial charge on any atom is 0.416 e. The van der Waals surface area contributed by atoms with Gasteiger partial charge in [0.05, 0.1) is 37.4 Å². The van der Waals surface area contributed by atoms with E-state index in [1.165, 1.54) is 4.90 Å². The van der Waals surface area contributed by atoms with E-state index >= 15 is 0 Å². The molecule has 0 bridgehead atoms. The summed E-state index contributed by atoms with van der Waals surface area (Å²) < 4.78 is 86.6. The van der Waals surface area contributed by atoms with Crippen LogP contribution in [-0.2, 0) is 23.5 Å². The SMILES string of the molecule is CC[C@@H]1COCCN1CC#CCN1CCN(C(=O)c2cc(C(F)(F)F)cc(C(F)(F)F)c2)[C@H](Cc2ccc(C)c(C)c2)C1.Cl.Cl. The molecule has 0 N–H and O–H groups in total. The topological polar surface area (TPSA) is 36.0 Å². The average Bonchev–Trinajstić information content (AvgIpc) is 2.96. The van der Waals surface area contributed by atoms with E-state index in [9.17, 15) is 31.1 Å². The largest absolute Gasteiger partial charge is 0.416 e. The van der Waals surface area contributed by atoms with Gasteiger partial charge in [-0.1, -0.05) is 37.0 Å². The maximum atomic E-state index is 13.6. The summed E-state index contributed by atoms with van der Waals surface area (Å²) in [6, 6.07) is 6.80. The summed E-state index contributed by atoms with van der Waals surface area (Å²) in [5, 5.41) is 0. The number of carbonyl (C=O) groups is 1. The van der Waals surface area contributed by atoms with Gasteiger partial charge in [0.15, 0.2) is 0 Å². The van der Waals surface area contributed by atoms with Crippen LogP contribution in [-0.4, -0.2) is 85.2 Å². The van der Waals surface area contributed by atoms with E-state index in [1.807, 2.05) is 32.0 Å². The monoisotopic (exact) mass is 681 g/mol. The zero-order valence-corrected chi connectivity index (χ0v) is 27.1. The fourth-order valence-corrected chi connectivity index (χ4v) is 5.55. The summed E-state index contributed by atoms with van der Waals surface area (Å²) in [4.78, 5) is 19.4. The Morgan fingerprint density at radius 2 is 1.51 bits per heavy atom. The van der Waals surface area contributed by atoms with Gasteiger partial charge in [0.1, 0.15) is 0 Å². The molecule has 2 aliphatic heterocycles. The smallest absolute Gasteiger partial charge is 0.378 e. The summed E-state index contributed by atoms with van der Waals surface area (Å²) in [6.07, 6.45) is -8.71. The van der Waals surface area contributed by atoms with Gasteiger partial charge < -0.3 is 9.64 Å². The number of rotatable bonds is 6. The van der Waals surface area contributed by atoms with Crippen molar-refractivity contribution in [1.82, 2.24) is 14.7 Å². The summed E-state index contributed by atoms with van der Waals surface area (Å²) in [7, 11) is 0. The van der Waals surface area contributed by atoms with E-state index in [1.54, 1.807) is 0 Å². The summed E-state index contributed by atoms with van der Waals surface area (Å²) in [5.41, 5.74) is -0.568. The van der Waals surface area contributed by atoms with Crippen LogP contribution in [0, 0.1) is 25.7 Å². The number of nitrogens with zero attached hydrogens (tertiary/aromatic N) is 3. The number of morpholine rings is 1. The Hall–Kier alpha value is -2.49. The highest BCUT2D eigenvalue weighted by Crippen LogP contribution is 2.37. The number of alkyl halides is 6. The van der Waals surface area contributed by atoms with Crippen LogP contribution in [0.25, 0.3) is 0 Å². The third-order valence-corrected chi connectivity index (χ3v) is 8.24. The molecule has 250 valence electrons. The Labute approximate surface area is 273 Å². The van der Waals surface area contributed by atoms with Crippen molar-refractivity contribution in [3.8, 4) is 11.8 Å². The van der Waals surface area contributed by atoms with Crippen LogP contribution in [0.2, 0.25) is 0 Å². The second kappa shape index (κ2) is 16.4. The first kappa shape index (κ1) is 38.7. The first-order chi connectivity index (χ1) is 20.3. The number of benzene rings is 2. The first-order valence-electron chi connectivity index (χ1n) is 14.4. The lowest BCUT2D eigenvalue weighted by Gasteiger charge is -2.41. The highest BCUT2D eigenvalue weighted by atomic mass is 35.5. The molecule has 0 saturated carbocycles. The van der Waals surface area contributed by atoms with E-state index in [0.717, 1.165) is 29.7 Å². The second-order valence-corrected chi connectivity index (χ2v) is 11.3. The van der Waals surface area contributed by atoms with Crippen molar-refractivity contribution < 1.29 is 35.9 Å². The number of ether oxygens (including phenoxy) is 1. The third-order valence-electron chi connectivity index (χ3n) is 8.24. The van der Waals surface area contributed by atoms with E-state index in [-0.39, 0.29) is 37.4 Å². The van der Waals surface area contributed by atoms with Gasteiger partial charge in [-0.2, -0.15) is 26.3 Å². The minimum atomic E-state index is -5.04. The van der Waals surface area contributed by atoms with Crippen LogP contribution in [0.4, 0.5) is 26.3 Å². The lowest BCUT2D eigenvalue weighted by atomic mass is 9.97. The lowest BCUT2D eigenvalue weighted by Crippen LogP contribution is -2.56. The van der Waals surface area contributed by atoms with E-state index in [2.05, 4.69) is 28.6 Å². The molecule has 13 heteroatoms. The van der Waals surface area contributed by atoms with Crippen molar-refractivity contribution in [1.29, 1.82) is 0 Å². The summed E-state index contributed by atoms with van der Waals surface area (Å²) >= 11 is 0. The van der Waals surface area contributed by atoms with Crippen molar-refractivity contribution >= 4 is 30.7 Å². The molecule has 0 radical (unpaired) electrons. The van der Waals surface area contributed by atoms with Crippen LogP contribution < -0.4 is 0 Å². The molecule has 2 atom stereocenters. The number of hydrogen-bond donors (Lipinski definition) is 0. The first-order valence-corrected chi connectivity index (χ1v) is 14.4. The molecular weight excluding hydrogens is 643 g/mol. The van der Waals surface area contributed by atoms with Crippen LogP contribution in [0.3, 0.4) is 0 Å². The number of amides is 1. The normalized spacial score (nSPS) is 19.6. The van der Waals surface area contributed by atoms with Gasteiger partial charge in [-0.3, -0.25) is 14.6 Å². The number of piperazine rings is 1. The number of hydrogen-bond acceptors (Lipinski definition) is 4. The quantitative estimate of drug-likeness (QED) is 0.252. The fourth-order valence-electron chi connectivity index (χ4n) is 5.55. The zero-order valence-electron chi connectivity index (χ0n) is 25.4. The van der Waals surface area contributed by atoms with Gasteiger partial charge >= 0.3 is 12.4 Å². The minimum Gasteiger partial charge on any atom is -0.378 e. The standard InChI is InChI=1S/C32H37F6N3O2.2ClH/c1-4-28-21-43-14-13-40(28)10-6-5-9-39-11-12-41(29(20-39)16-24-8-7-22(2)23(3)15-24)30(42)25-17-26(31(33,34)35)19-27(18-25)32(36,37)38;;/h7-8,15,17-19,28-29H,4,9-14,16,20-21H2,1-3H3;2*1H/t28-,29-;;/m1../s1. The van der Waals surface area contributed by atoms with Gasteiger partial charge in [0, 0.05) is 43.8 Å². The van der Waals surface area contributed by atoms with Crippen molar-refractivity contribution in [3.05, 3.63) is 69.8 Å². The molecule has 2 saturated heterocycles. The molecule has 1 amide bonds. The molecule has 0 aliphatic carbocycles. The second-order valence-electron chi connectivity index (χ2n) is 11.3. The van der Waals surface area contributed by atoms with E-state index < -0.39 is 41.0 Å². The maximum absolute atomic E-state index is 13.6. The zero-order chi connectivity index (χ0) is 31.4. The Balaban J connectivity index is 0.00000353. The summed E-state index contributed by atoms with van der Waals surface area (Å²) in [6.45, 7) is 10.2. The highest BCUT2D eigenvalue weighted by Gasteiger charge is 2.39. The Kier molecular flexibility index (Phi) is 14.1. The number of carbonyl (C=O) groups excluding carboxylic acids is 1. The Morgan fingerprint density at radius 3 is 2.11 bits per heavy atom. The van der Waals surface area contributed by atoms with E-state index in [4.69, 9.17) is 4.74 Å². The van der Waals surface area contributed by atoms with Crippen molar-refractivity contribution in [2.45, 2.75) is 58.0 Å². The van der Waals surface area contributed by atoms with Crippen molar-refractivity contribution in [3.63, 3.8) is 0 Å². The molecular formula is C32H39Cl2F6N3O2.